The molecule has 4 heteroatoms. The lowest BCUT2D eigenvalue weighted by molar-refractivity contribution is -0.142. The molecule has 1 aromatic heterocycles. The molecule has 0 atom stereocenters. The van der Waals surface area contributed by atoms with Gasteiger partial charge in [-0.1, -0.05) is 0 Å². The molecule has 1 heterocycles. The van der Waals surface area contributed by atoms with Gasteiger partial charge in [-0.2, -0.15) is 0 Å². The van der Waals surface area contributed by atoms with Crippen molar-refractivity contribution in [3.05, 3.63) is 35.8 Å². The molecule has 0 radical (unpaired) electrons. The quantitative estimate of drug-likeness (QED) is 0.871. The fraction of sp³-hybridized carbons (Fsp3) is 0.385. The molecule has 1 N–H and O–H groups in total. The van der Waals surface area contributed by atoms with Crippen molar-refractivity contribution in [3.63, 3.8) is 0 Å². The molecular formula is C13H13FO3. The first-order valence-corrected chi connectivity index (χ1v) is 5.55. The van der Waals surface area contributed by atoms with Crippen molar-refractivity contribution in [1.29, 1.82) is 0 Å². The fourth-order valence-corrected chi connectivity index (χ4v) is 2.30. The lowest BCUT2D eigenvalue weighted by Crippen LogP contribution is -2.45. The molecule has 1 aliphatic carbocycles. The van der Waals surface area contributed by atoms with Gasteiger partial charge in [-0.25, -0.2) is 4.39 Å². The van der Waals surface area contributed by atoms with Crippen molar-refractivity contribution in [2.24, 2.45) is 0 Å². The molecular weight excluding hydrogens is 223 g/mol. The minimum absolute atomic E-state index is 0.0740. The number of hydrogen-bond acceptors (Lipinski definition) is 3. The molecule has 0 unspecified atom stereocenters. The van der Waals surface area contributed by atoms with Crippen LogP contribution in [0.5, 0.6) is 0 Å². The summed E-state index contributed by atoms with van der Waals surface area (Å²) in [5.41, 5.74) is -0.369. The number of ether oxygens (including phenoxy) is 1. The first-order valence-electron chi connectivity index (χ1n) is 5.55. The van der Waals surface area contributed by atoms with Crippen LogP contribution in [-0.4, -0.2) is 18.3 Å². The van der Waals surface area contributed by atoms with Crippen LogP contribution in [0.15, 0.2) is 28.7 Å². The summed E-state index contributed by atoms with van der Waals surface area (Å²) < 4.78 is 23.7. The number of halogens is 1. The molecule has 0 spiro atoms. The van der Waals surface area contributed by atoms with E-state index in [0.29, 0.717) is 29.6 Å². The SMILES string of the molecule is COC1CC(O)(c2cc3cc(F)ccc3o2)C1. The molecule has 1 aliphatic rings. The molecule has 3 nitrogen and oxygen atoms in total. The second kappa shape index (κ2) is 3.55. The van der Waals surface area contributed by atoms with Crippen molar-refractivity contribution >= 4 is 11.0 Å². The minimum atomic E-state index is -0.962. The summed E-state index contributed by atoms with van der Waals surface area (Å²) in [6.45, 7) is 0. The highest BCUT2D eigenvalue weighted by Crippen LogP contribution is 2.44. The summed E-state index contributed by atoms with van der Waals surface area (Å²) >= 11 is 0. The van der Waals surface area contributed by atoms with Crippen LogP contribution in [0, 0.1) is 5.82 Å². The summed E-state index contributed by atoms with van der Waals surface area (Å²) in [4.78, 5) is 0. The number of aliphatic hydroxyl groups is 1. The standard InChI is InChI=1S/C13H13FO3/c1-16-10-6-13(15,7-10)12-5-8-4-9(14)2-3-11(8)17-12/h2-5,10,15H,6-7H2,1H3. The Morgan fingerprint density at radius 2 is 2.18 bits per heavy atom. The van der Waals surface area contributed by atoms with Gasteiger partial charge in [-0.05, 0) is 24.3 Å². The molecule has 2 aromatic rings. The Balaban J connectivity index is 1.96. The third-order valence-electron chi connectivity index (χ3n) is 3.40. The molecule has 0 aliphatic heterocycles. The normalized spacial score (nSPS) is 28.3. The number of fused-ring (bicyclic) bond motifs is 1. The van der Waals surface area contributed by atoms with Gasteiger partial charge in [0.05, 0.1) is 6.10 Å². The maximum atomic E-state index is 13.0. The van der Waals surface area contributed by atoms with Crippen LogP contribution in [0.1, 0.15) is 18.6 Å². The fourth-order valence-electron chi connectivity index (χ4n) is 2.30. The van der Waals surface area contributed by atoms with E-state index in [1.807, 2.05) is 0 Å². The highest BCUT2D eigenvalue weighted by Gasteiger charge is 2.46. The zero-order valence-electron chi connectivity index (χ0n) is 9.44. The van der Waals surface area contributed by atoms with Crippen LogP contribution in [0.2, 0.25) is 0 Å². The van der Waals surface area contributed by atoms with E-state index >= 15 is 0 Å². The Hall–Kier alpha value is -1.39. The number of benzene rings is 1. The van der Waals surface area contributed by atoms with Gasteiger partial charge in [0.25, 0.3) is 0 Å². The van der Waals surface area contributed by atoms with Crippen molar-refractivity contribution in [3.8, 4) is 0 Å². The molecule has 90 valence electrons. The summed E-state index contributed by atoms with van der Waals surface area (Å²) in [5, 5.41) is 11.0. The van der Waals surface area contributed by atoms with Gasteiger partial charge in [-0.15, -0.1) is 0 Å². The molecule has 0 bridgehead atoms. The molecule has 0 amide bonds. The predicted molar refractivity (Wildman–Crippen MR) is 60.1 cm³/mol. The second-order valence-corrected chi connectivity index (χ2v) is 4.59. The summed E-state index contributed by atoms with van der Waals surface area (Å²) in [6, 6.07) is 6.02. The van der Waals surface area contributed by atoms with E-state index in [9.17, 15) is 9.50 Å². The molecule has 17 heavy (non-hydrogen) atoms. The molecule has 3 rings (SSSR count). The molecule has 1 saturated carbocycles. The van der Waals surface area contributed by atoms with Crippen molar-refractivity contribution in [2.45, 2.75) is 24.5 Å². The summed E-state index contributed by atoms with van der Waals surface area (Å²) in [5.74, 6) is 0.187. The van der Waals surface area contributed by atoms with Gasteiger partial charge >= 0.3 is 0 Å². The highest BCUT2D eigenvalue weighted by atomic mass is 19.1. The van der Waals surface area contributed by atoms with Crippen LogP contribution in [0.4, 0.5) is 4.39 Å². The Morgan fingerprint density at radius 1 is 1.41 bits per heavy atom. The maximum Gasteiger partial charge on any atom is 0.137 e. The van der Waals surface area contributed by atoms with Gasteiger partial charge in [-0.3, -0.25) is 0 Å². The zero-order valence-corrected chi connectivity index (χ0v) is 9.44. The number of methoxy groups -OCH3 is 1. The average molecular weight is 236 g/mol. The first kappa shape index (κ1) is 10.7. The van der Waals surface area contributed by atoms with Crippen LogP contribution < -0.4 is 0 Å². The van der Waals surface area contributed by atoms with Crippen LogP contribution in [0.25, 0.3) is 11.0 Å². The molecule has 0 saturated heterocycles. The first-order chi connectivity index (χ1) is 8.10. The third kappa shape index (κ3) is 1.64. The van der Waals surface area contributed by atoms with E-state index in [0.717, 1.165) is 0 Å². The lowest BCUT2D eigenvalue weighted by atomic mass is 9.76. The third-order valence-corrected chi connectivity index (χ3v) is 3.40. The largest absolute Gasteiger partial charge is 0.458 e. The van der Waals surface area contributed by atoms with E-state index in [2.05, 4.69) is 0 Å². The Bertz CT molecular complexity index is 555. The van der Waals surface area contributed by atoms with Crippen molar-refractivity contribution < 1.29 is 18.7 Å². The van der Waals surface area contributed by atoms with Gasteiger partial charge in [0.2, 0.25) is 0 Å². The molecule has 1 fully saturated rings. The number of hydrogen-bond donors (Lipinski definition) is 1. The Labute approximate surface area is 97.8 Å². The van der Waals surface area contributed by atoms with Crippen LogP contribution in [-0.2, 0) is 10.3 Å². The van der Waals surface area contributed by atoms with Gasteiger partial charge < -0.3 is 14.3 Å². The number of rotatable bonds is 2. The molecule has 1 aromatic carbocycles. The average Bonchev–Trinajstić information content (AvgIpc) is 2.67. The zero-order chi connectivity index (χ0) is 12.0. The van der Waals surface area contributed by atoms with Gasteiger partial charge in [0, 0.05) is 25.3 Å². The van der Waals surface area contributed by atoms with Crippen molar-refractivity contribution in [1.82, 2.24) is 0 Å². The summed E-state index contributed by atoms with van der Waals surface area (Å²) in [6.07, 6.45) is 1.11. The van der Waals surface area contributed by atoms with E-state index < -0.39 is 5.60 Å². The van der Waals surface area contributed by atoms with Crippen LogP contribution >= 0.6 is 0 Å². The van der Waals surface area contributed by atoms with E-state index in [1.165, 1.54) is 12.1 Å². The van der Waals surface area contributed by atoms with E-state index in [4.69, 9.17) is 9.15 Å². The smallest absolute Gasteiger partial charge is 0.137 e. The lowest BCUT2D eigenvalue weighted by Gasteiger charge is -2.40. The van der Waals surface area contributed by atoms with E-state index in [-0.39, 0.29) is 11.9 Å². The predicted octanol–water partition coefficient (Wildman–Crippen LogP) is 2.57. The highest BCUT2D eigenvalue weighted by molar-refractivity contribution is 5.78. The van der Waals surface area contributed by atoms with Gasteiger partial charge in [0.15, 0.2) is 0 Å². The van der Waals surface area contributed by atoms with Crippen LogP contribution in [0.3, 0.4) is 0 Å². The van der Waals surface area contributed by atoms with E-state index in [1.54, 1.807) is 19.2 Å². The number of furan rings is 1. The Kier molecular flexibility index (Phi) is 2.24. The topological polar surface area (TPSA) is 42.6 Å². The maximum absolute atomic E-state index is 13.0. The Morgan fingerprint density at radius 3 is 2.88 bits per heavy atom. The second-order valence-electron chi connectivity index (χ2n) is 4.59. The van der Waals surface area contributed by atoms with Crippen molar-refractivity contribution in [2.75, 3.05) is 7.11 Å². The minimum Gasteiger partial charge on any atom is -0.458 e. The van der Waals surface area contributed by atoms with Gasteiger partial charge in [0.1, 0.15) is 22.8 Å². The monoisotopic (exact) mass is 236 g/mol. The summed E-state index contributed by atoms with van der Waals surface area (Å²) in [7, 11) is 1.62.